The molecule has 0 bridgehead atoms. The Morgan fingerprint density at radius 1 is 1.63 bits per heavy atom. The lowest BCUT2D eigenvalue weighted by Crippen LogP contribution is -2.47. The molecule has 3 N–H and O–H groups in total. The summed E-state index contributed by atoms with van der Waals surface area (Å²) in [5.74, 6) is 0.756. The molecule has 19 heavy (non-hydrogen) atoms. The van der Waals surface area contributed by atoms with Gasteiger partial charge in [-0.2, -0.15) is 17.4 Å². The third-order valence-corrected chi connectivity index (χ3v) is 4.78. The number of hydrogen-bond donors (Lipinski definition) is 2. The quantitative estimate of drug-likeness (QED) is 0.793. The normalized spacial score (nSPS) is 21.7. The summed E-state index contributed by atoms with van der Waals surface area (Å²) in [5, 5.41) is 3.72. The Bertz CT molecular complexity index is 514. The van der Waals surface area contributed by atoms with Crippen molar-refractivity contribution in [2.75, 3.05) is 19.6 Å². The van der Waals surface area contributed by atoms with Crippen LogP contribution in [-0.2, 0) is 16.8 Å². The SMILES string of the molecule is Cc1cc(CNS(=O)(=O)N2CCCC(CN)C2)on1. The summed E-state index contributed by atoms with van der Waals surface area (Å²) in [4.78, 5) is 0. The Hall–Kier alpha value is -0.960. The van der Waals surface area contributed by atoms with Crippen LogP contribution in [-0.4, -0.2) is 37.5 Å². The van der Waals surface area contributed by atoms with E-state index in [4.69, 9.17) is 10.3 Å². The van der Waals surface area contributed by atoms with Gasteiger partial charge >= 0.3 is 0 Å². The first-order valence-corrected chi connectivity index (χ1v) is 7.82. The van der Waals surface area contributed by atoms with Gasteiger partial charge < -0.3 is 10.3 Å². The van der Waals surface area contributed by atoms with Crippen LogP contribution in [0.4, 0.5) is 0 Å². The van der Waals surface area contributed by atoms with Crippen LogP contribution < -0.4 is 10.5 Å². The zero-order valence-corrected chi connectivity index (χ0v) is 11.8. The van der Waals surface area contributed by atoms with Crippen molar-refractivity contribution < 1.29 is 12.9 Å². The second-order valence-electron chi connectivity index (χ2n) is 4.86. The minimum atomic E-state index is -3.48. The fourth-order valence-electron chi connectivity index (χ4n) is 2.19. The molecule has 0 aromatic carbocycles. The number of aryl methyl sites for hydroxylation is 1. The van der Waals surface area contributed by atoms with Crippen molar-refractivity contribution in [2.24, 2.45) is 11.7 Å². The maximum absolute atomic E-state index is 12.1. The lowest BCUT2D eigenvalue weighted by Gasteiger charge is -2.31. The topological polar surface area (TPSA) is 101 Å². The molecule has 0 saturated carbocycles. The molecule has 0 aliphatic carbocycles. The lowest BCUT2D eigenvalue weighted by atomic mass is 10.0. The van der Waals surface area contributed by atoms with Gasteiger partial charge in [-0.1, -0.05) is 5.16 Å². The number of rotatable bonds is 5. The zero-order valence-electron chi connectivity index (χ0n) is 11.0. The van der Waals surface area contributed by atoms with E-state index in [1.54, 1.807) is 13.0 Å². The lowest BCUT2D eigenvalue weighted by molar-refractivity contribution is 0.268. The van der Waals surface area contributed by atoms with Crippen molar-refractivity contribution >= 4 is 10.2 Å². The molecular formula is C11H20N4O3S. The first-order valence-electron chi connectivity index (χ1n) is 6.38. The van der Waals surface area contributed by atoms with Gasteiger partial charge in [-0.3, -0.25) is 0 Å². The molecule has 2 rings (SSSR count). The molecule has 2 heterocycles. The summed E-state index contributed by atoms with van der Waals surface area (Å²) in [5.41, 5.74) is 6.34. The molecule has 1 saturated heterocycles. The standard InChI is InChI=1S/C11H20N4O3S/c1-9-5-11(18-14-9)7-13-19(16,17)15-4-2-3-10(6-12)8-15/h5,10,13H,2-4,6-8,12H2,1H3. The highest BCUT2D eigenvalue weighted by molar-refractivity contribution is 7.87. The molecule has 1 aliphatic heterocycles. The Kier molecular flexibility index (Phi) is 4.56. The molecule has 1 atom stereocenters. The monoisotopic (exact) mass is 288 g/mol. The van der Waals surface area contributed by atoms with E-state index in [1.807, 2.05) is 0 Å². The Balaban J connectivity index is 1.94. The van der Waals surface area contributed by atoms with Gasteiger partial charge in [0.1, 0.15) is 0 Å². The van der Waals surface area contributed by atoms with E-state index in [9.17, 15) is 8.42 Å². The average Bonchev–Trinajstić information content (AvgIpc) is 2.82. The minimum Gasteiger partial charge on any atom is -0.360 e. The first kappa shape index (κ1) is 14.4. The van der Waals surface area contributed by atoms with Crippen molar-refractivity contribution in [2.45, 2.75) is 26.3 Å². The van der Waals surface area contributed by atoms with Crippen molar-refractivity contribution in [3.63, 3.8) is 0 Å². The summed E-state index contributed by atoms with van der Waals surface area (Å²) in [6, 6.07) is 1.71. The van der Waals surface area contributed by atoms with E-state index in [-0.39, 0.29) is 12.5 Å². The van der Waals surface area contributed by atoms with E-state index in [2.05, 4.69) is 9.88 Å². The van der Waals surface area contributed by atoms with Crippen LogP contribution in [0.25, 0.3) is 0 Å². The van der Waals surface area contributed by atoms with Crippen molar-refractivity contribution in [1.82, 2.24) is 14.2 Å². The van der Waals surface area contributed by atoms with Crippen LogP contribution in [0.15, 0.2) is 10.6 Å². The average molecular weight is 288 g/mol. The molecule has 0 spiro atoms. The van der Waals surface area contributed by atoms with Crippen molar-refractivity contribution in [1.29, 1.82) is 0 Å². The summed E-state index contributed by atoms with van der Waals surface area (Å²) >= 11 is 0. The summed E-state index contributed by atoms with van der Waals surface area (Å²) in [6.45, 7) is 3.46. The van der Waals surface area contributed by atoms with Gasteiger partial charge in [0.05, 0.1) is 12.2 Å². The molecular weight excluding hydrogens is 268 g/mol. The highest BCUT2D eigenvalue weighted by atomic mass is 32.2. The van der Waals surface area contributed by atoms with Gasteiger partial charge in [0, 0.05) is 19.2 Å². The maximum atomic E-state index is 12.1. The Labute approximate surface area is 113 Å². The third kappa shape index (κ3) is 3.75. The van der Waals surface area contributed by atoms with Crippen LogP contribution >= 0.6 is 0 Å². The van der Waals surface area contributed by atoms with Crippen molar-refractivity contribution in [3.05, 3.63) is 17.5 Å². The van der Waals surface area contributed by atoms with E-state index in [0.29, 0.717) is 25.4 Å². The zero-order chi connectivity index (χ0) is 13.9. The molecule has 8 heteroatoms. The van der Waals surface area contributed by atoms with E-state index in [0.717, 1.165) is 18.5 Å². The van der Waals surface area contributed by atoms with E-state index < -0.39 is 10.2 Å². The summed E-state index contributed by atoms with van der Waals surface area (Å²) in [7, 11) is -3.48. The fraction of sp³-hybridized carbons (Fsp3) is 0.727. The van der Waals surface area contributed by atoms with Gasteiger partial charge in [0.2, 0.25) is 0 Å². The van der Waals surface area contributed by atoms with Crippen LogP contribution in [0.1, 0.15) is 24.3 Å². The second kappa shape index (κ2) is 6.00. The predicted octanol–water partition coefficient (Wildman–Crippen LogP) is -0.0119. The van der Waals surface area contributed by atoms with Crippen LogP contribution in [0.5, 0.6) is 0 Å². The molecule has 0 amide bonds. The molecule has 1 aromatic heterocycles. The molecule has 1 aliphatic rings. The first-order chi connectivity index (χ1) is 9.01. The molecule has 1 unspecified atom stereocenters. The van der Waals surface area contributed by atoms with Crippen LogP contribution in [0.2, 0.25) is 0 Å². The van der Waals surface area contributed by atoms with Gasteiger partial charge in [-0.15, -0.1) is 0 Å². The Morgan fingerprint density at radius 3 is 3.05 bits per heavy atom. The number of nitrogens with two attached hydrogens (primary N) is 1. The molecule has 1 fully saturated rings. The fourth-order valence-corrected chi connectivity index (χ4v) is 3.47. The number of nitrogens with one attached hydrogen (secondary N) is 1. The molecule has 0 radical (unpaired) electrons. The van der Waals surface area contributed by atoms with E-state index >= 15 is 0 Å². The van der Waals surface area contributed by atoms with Crippen molar-refractivity contribution in [3.8, 4) is 0 Å². The Morgan fingerprint density at radius 2 is 2.42 bits per heavy atom. The number of piperidine rings is 1. The van der Waals surface area contributed by atoms with Crippen LogP contribution in [0, 0.1) is 12.8 Å². The van der Waals surface area contributed by atoms with Gasteiger partial charge in [-0.05, 0) is 32.2 Å². The maximum Gasteiger partial charge on any atom is 0.279 e. The van der Waals surface area contributed by atoms with Gasteiger partial charge in [0.15, 0.2) is 5.76 Å². The molecule has 108 valence electrons. The number of hydrogen-bond acceptors (Lipinski definition) is 5. The third-order valence-electron chi connectivity index (χ3n) is 3.26. The summed E-state index contributed by atoms with van der Waals surface area (Å²) in [6.07, 6.45) is 1.84. The smallest absolute Gasteiger partial charge is 0.279 e. The summed E-state index contributed by atoms with van der Waals surface area (Å²) < 4.78 is 33.2. The predicted molar refractivity (Wildman–Crippen MR) is 70.4 cm³/mol. The number of nitrogens with zero attached hydrogens (tertiary/aromatic N) is 2. The van der Waals surface area contributed by atoms with Gasteiger partial charge in [-0.25, -0.2) is 0 Å². The van der Waals surface area contributed by atoms with Gasteiger partial charge in [0.25, 0.3) is 10.2 Å². The minimum absolute atomic E-state index is 0.118. The van der Waals surface area contributed by atoms with Crippen LogP contribution in [0.3, 0.4) is 0 Å². The molecule has 7 nitrogen and oxygen atoms in total. The molecule has 1 aromatic rings. The number of aromatic nitrogens is 1. The second-order valence-corrected chi connectivity index (χ2v) is 6.62. The highest BCUT2D eigenvalue weighted by Gasteiger charge is 2.28. The largest absolute Gasteiger partial charge is 0.360 e. The highest BCUT2D eigenvalue weighted by Crippen LogP contribution is 2.17. The van der Waals surface area contributed by atoms with E-state index in [1.165, 1.54) is 4.31 Å².